The molecule has 0 unspecified atom stereocenters. The summed E-state index contributed by atoms with van der Waals surface area (Å²) in [4.78, 5) is 0. The summed E-state index contributed by atoms with van der Waals surface area (Å²) < 4.78 is 0. The molecule has 1 saturated heterocycles. The molecule has 0 aromatic heterocycles. The first-order valence-electron chi connectivity index (χ1n) is 6.02. The van der Waals surface area contributed by atoms with Gasteiger partial charge < -0.3 is 5.73 Å². The first kappa shape index (κ1) is 12.2. The van der Waals surface area contributed by atoms with Gasteiger partial charge in [-0.05, 0) is 44.4 Å². The molecule has 0 aliphatic carbocycles. The Hall–Kier alpha value is -1.22. The second-order valence-electron chi connectivity index (χ2n) is 4.43. The van der Waals surface area contributed by atoms with Crippen molar-refractivity contribution in [1.82, 2.24) is 5.01 Å². The van der Waals surface area contributed by atoms with E-state index in [9.17, 15) is 0 Å². The van der Waals surface area contributed by atoms with Crippen molar-refractivity contribution in [3.05, 3.63) is 28.8 Å². The molecule has 1 aliphatic heterocycles. The Morgan fingerprint density at radius 2 is 2.00 bits per heavy atom. The molecule has 92 valence electrons. The van der Waals surface area contributed by atoms with Crippen molar-refractivity contribution in [2.75, 3.05) is 18.8 Å². The maximum Gasteiger partial charge on any atom is 0.0667 e. The number of piperidine rings is 1. The van der Waals surface area contributed by atoms with Crippen LogP contribution < -0.4 is 5.73 Å². The average molecular weight is 252 g/mol. The summed E-state index contributed by atoms with van der Waals surface area (Å²) in [6.45, 7) is 4.06. The molecule has 17 heavy (non-hydrogen) atoms. The van der Waals surface area contributed by atoms with Gasteiger partial charge >= 0.3 is 0 Å². The van der Waals surface area contributed by atoms with E-state index in [1.807, 2.05) is 19.1 Å². The van der Waals surface area contributed by atoms with Crippen molar-refractivity contribution in [1.29, 1.82) is 0 Å². The minimum absolute atomic E-state index is 0.697. The number of halogens is 1. The lowest BCUT2D eigenvalue weighted by atomic mass is 10.1. The van der Waals surface area contributed by atoms with Gasteiger partial charge in [0.2, 0.25) is 0 Å². The summed E-state index contributed by atoms with van der Waals surface area (Å²) in [7, 11) is 0. The van der Waals surface area contributed by atoms with Gasteiger partial charge in [-0.3, -0.25) is 5.01 Å². The molecule has 0 radical (unpaired) electrons. The Bertz CT molecular complexity index is 423. The fraction of sp³-hybridized carbons (Fsp3) is 0.462. The van der Waals surface area contributed by atoms with Gasteiger partial charge in [0.1, 0.15) is 0 Å². The number of benzene rings is 1. The van der Waals surface area contributed by atoms with E-state index in [-0.39, 0.29) is 0 Å². The third-order valence-electron chi connectivity index (χ3n) is 3.03. The molecule has 0 amide bonds. The van der Waals surface area contributed by atoms with Crippen molar-refractivity contribution < 1.29 is 0 Å². The number of nitrogen functional groups attached to an aromatic ring is 1. The quantitative estimate of drug-likeness (QED) is 0.648. The predicted molar refractivity (Wildman–Crippen MR) is 73.5 cm³/mol. The molecule has 0 bridgehead atoms. The monoisotopic (exact) mass is 251 g/mol. The van der Waals surface area contributed by atoms with Crippen LogP contribution >= 0.6 is 11.6 Å². The molecule has 0 atom stereocenters. The molecule has 2 rings (SSSR count). The molecule has 0 spiro atoms. The van der Waals surface area contributed by atoms with E-state index >= 15 is 0 Å². The topological polar surface area (TPSA) is 41.6 Å². The van der Waals surface area contributed by atoms with E-state index in [0.717, 1.165) is 30.1 Å². The molecule has 2 N–H and O–H groups in total. The highest BCUT2D eigenvalue weighted by atomic mass is 35.5. The second-order valence-corrected chi connectivity index (χ2v) is 4.87. The highest BCUT2D eigenvalue weighted by Crippen LogP contribution is 2.19. The van der Waals surface area contributed by atoms with E-state index in [1.165, 1.54) is 19.3 Å². The molecule has 1 aromatic carbocycles. The SMILES string of the molecule is C/C(=N\N1CCCCC1)c1cc(Cl)ccc1N. The van der Waals surface area contributed by atoms with Crippen molar-refractivity contribution in [2.45, 2.75) is 26.2 Å². The lowest BCUT2D eigenvalue weighted by Crippen LogP contribution is -2.25. The molecular weight excluding hydrogens is 234 g/mol. The number of anilines is 1. The van der Waals surface area contributed by atoms with Crippen molar-refractivity contribution >= 4 is 23.0 Å². The largest absolute Gasteiger partial charge is 0.398 e. The van der Waals surface area contributed by atoms with Crippen molar-refractivity contribution in [3.63, 3.8) is 0 Å². The third-order valence-corrected chi connectivity index (χ3v) is 3.26. The average Bonchev–Trinajstić information content (AvgIpc) is 2.33. The van der Waals surface area contributed by atoms with Crippen LogP contribution in [-0.2, 0) is 0 Å². The van der Waals surface area contributed by atoms with Crippen LogP contribution in [0.15, 0.2) is 23.3 Å². The molecule has 1 aliphatic rings. The van der Waals surface area contributed by atoms with Crippen LogP contribution in [0, 0.1) is 0 Å². The van der Waals surface area contributed by atoms with Gasteiger partial charge in [-0.2, -0.15) is 5.10 Å². The number of hydrogen-bond acceptors (Lipinski definition) is 3. The summed E-state index contributed by atoms with van der Waals surface area (Å²) in [5.74, 6) is 0. The van der Waals surface area contributed by atoms with Gasteiger partial charge in [0.05, 0.1) is 5.71 Å². The Kier molecular flexibility index (Phi) is 3.89. The fourth-order valence-electron chi connectivity index (χ4n) is 2.09. The molecular formula is C13H18ClN3. The van der Waals surface area contributed by atoms with Crippen molar-refractivity contribution in [3.8, 4) is 0 Å². The van der Waals surface area contributed by atoms with Gasteiger partial charge in [-0.1, -0.05) is 11.6 Å². The molecule has 3 nitrogen and oxygen atoms in total. The van der Waals surface area contributed by atoms with Crippen LogP contribution in [0.1, 0.15) is 31.7 Å². The standard InChI is InChI=1S/C13H18ClN3/c1-10(16-17-7-3-2-4-8-17)12-9-11(14)5-6-13(12)15/h5-6,9H,2-4,7-8,15H2,1H3/b16-10+. The zero-order chi connectivity index (χ0) is 12.3. The van der Waals surface area contributed by atoms with Gasteiger partial charge in [0.25, 0.3) is 0 Å². The minimum atomic E-state index is 0.697. The molecule has 1 aromatic rings. The van der Waals surface area contributed by atoms with E-state index in [1.54, 1.807) is 6.07 Å². The highest BCUT2D eigenvalue weighted by molar-refractivity contribution is 6.31. The van der Waals surface area contributed by atoms with Gasteiger partial charge in [-0.25, -0.2) is 0 Å². The zero-order valence-electron chi connectivity index (χ0n) is 10.1. The maximum atomic E-state index is 5.98. The summed E-state index contributed by atoms with van der Waals surface area (Å²) >= 11 is 5.98. The lowest BCUT2D eigenvalue weighted by molar-refractivity contribution is 0.239. The van der Waals surface area contributed by atoms with Crippen molar-refractivity contribution in [2.24, 2.45) is 5.10 Å². The number of nitrogens with two attached hydrogens (primary N) is 1. The number of nitrogens with zero attached hydrogens (tertiary/aromatic N) is 2. The van der Waals surface area contributed by atoms with E-state index in [0.29, 0.717) is 5.02 Å². The van der Waals surface area contributed by atoms with Crippen LogP contribution in [0.5, 0.6) is 0 Å². The molecule has 1 fully saturated rings. The Balaban J connectivity index is 2.19. The van der Waals surface area contributed by atoms with Crippen LogP contribution in [0.25, 0.3) is 0 Å². The Morgan fingerprint density at radius 1 is 1.29 bits per heavy atom. The maximum absolute atomic E-state index is 5.98. The lowest BCUT2D eigenvalue weighted by Gasteiger charge is -2.24. The van der Waals surface area contributed by atoms with Gasteiger partial charge in [0, 0.05) is 29.4 Å². The van der Waals surface area contributed by atoms with Gasteiger partial charge in [0.15, 0.2) is 0 Å². The Morgan fingerprint density at radius 3 is 2.71 bits per heavy atom. The number of rotatable bonds is 2. The van der Waals surface area contributed by atoms with Crippen LogP contribution in [0.2, 0.25) is 5.02 Å². The minimum Gasteiger partial charge on any atom is -0.398 e. The van der Waals surface area contributed by atoms with Crippen LogP contribution in [0.4, 0.5) is 5.69 Å². The van der Waals surface area contributed by atoms with E-state index in [4.69, 9.17) is 17.3 Å². The fourth-order valence-corrected chi connectivity index (χ4v) is 2.26. The highest BCUT2D eigenvalue weighted by Gasteiger charge is 2.10. The first-order valence-corrected chi connectivity index (χ1v) is 6.40. The van der Waals surface area contributed by atoms with Crippen LogP contribution in [0.3, 0.4) is 0 Å². The summed E-state index contributed by atoms with van der Waals surface area (Å²) in [6.07, 6.45) is 3.76. The molecule has 4 heteroatoms. The second kappa shape index (κ2) is 5.41. The zero-order valence-corrected chi connectivity index (χ0v) is 10.9. The summed E-state index contributed by atoms with van der Waals surface area (Å²) in [5, 5.41) is 7.44. The van der Waals surface area contributed by atoms with Crippen LogP contribution in [-0.4, -0.2) is 23.8 Å². The molecule has 1 heterocycles. The first-order chi connectivity index (χ1) is 8.16. The smallest absolute Gasteiger partial charge is 0.0667 e. The molecule has 0 saturated carbocycles. The predicted octanol–water partition coefficient (Wildman–Crippen LogP) is 3.13. The third kappa shape index (κ3) is 3.13. The van der Waals surface area contributed by atoms with E-state index < -0.39 is 0 Å². The number of hydrogen-bond donors (Lipinski definition) is 1. The summed E-state index contributed by atoms with van der Waals surface area (Å²) in [5.41, 5.74) is 8.54. The van der Waals surface area contributed by atoms with Gasteiger partial charge in [-0.15, -0.1) is 0 Å². The summed E-state index contributed by atoms with van der Waals surface area (Å²) in [6, 6.07) is 5.50. The number of hydrazone groups is 1. The van der Waals surface area contributed by atoms with E-state index in [2.05, 4.69) is 10.1 Å². The normalized spacial score (nSPS) is 17.3. The Labute approximate surface area is 107 Å².